The summed E-state index contributed by atoms with van der Waals surface area (Å²) in [5, 5.41) is -0.474. The van der Waals surface area contributed by atoms with Crippen molar-refractivity contribution >= 4 is 56.8 Å². The number of methoxy groups -OCH3 is 2. The molecule has 2 aliphatic heterocycles. The van der Waals surface area contributed by atoms with E-state index in [9.17, 15) is 19.2 Å². The van der Waals surface area contributed by atoms with Crippen molar-refractivity contribution in [3.63, 3.8) is 0 Å². The van der Waals surface area contributed by atoms with Gasteiger partial charge in [0, 0.05) is 13.1 Å². The molecule has 2 saturated heterocycles. The van der Waals surface area contributed by atoms with Gasteiger partial charge in [-0.2, -0.15) is 0 Å². The molecule has 0 bridgehead atoms. The second kappa shape index (κ2) is 11.6. The highest BCUT2D eigenvalue weighted by Gasteiger charge is 2.37. The van der Waals surface area contributed by atoms with Crippen LogP contribution in [0.5, 0.6) is 11.5 Å². The Labute approximate surface area is 204 Å². The number of nitrogens with zero attached hydrogens (tertiary/aromatic N) is 2. The molecule has 0 radical (unpaired) electrons. The monoisotopic (exact) mass is 540 g/mol. The fourth-order valence-electron chi connectivity index (χ4n) is 3.50. The van der Waals surface area contributed by atoms with Crippen LogP contribution in [-0.2, 0) is 19.1 Å². The van der Waals surface area contributed by atoms with E-state index in [1.165, 1.54) is 14.2 Å². The number of rotatable bonds is 7. The first-order valence-electron chi connectivity index (χ1n) is 10.4. The smallest absolute Gasteiger partial charge is 0.343 e. The third-order valence-electron chi connectivity index (χ3n) is 5.24. The number of amides is 3. The van der Waals surface area contributed by atoms with Crippen LogP contribution in [0.1, 0.15) is 31.2 Å². The normalized spacial score (nSPS) is 17.8. The molecule has 0 atom stereocenters. The second-order valence-corrected chi connectivity index (χ2v) is 9.31. The summed E-state index contributed by atoms with van der Waals surface area (Å²) in [4.78, 5) is 52.2. The molecule has 2 aliphatic rings. The Bertz CT molecular complexity index is 974. The van der Waals surface area contributed by atoms with Crippen LogP contribution in [0.4, 0.5) is 4.79 Å². The summed E-state index contributed by atoms with van der Waals surface area (Å²) in [6.07, 6.45) is 5.59. The maximum atomic E-state index is 12.8. The zero-order valence-electron chi connectivity index (χ0n) is 18.4. The molecule has 0 saturated carbocycles. The van der Waals surface area contributed by atoms with Crippen molar-refractivity contribution in [2.75, 3.05) is 40.5 Å². The van der Waals surface area contributed by atoms with E-state index in [-0.39, 0.29) is 24.0 Å². The maximum Gasteiger partial charge on any atom is 0.343 e. The van der Waals surface area contributed by atoms with Gasteiger partial charge in [-0.15, -0.1) is 0 Å². The van der Waals surface area contributed by atoms with Crippen molar-refractivity contribution < 1.29 is 33.4 Å². The summed E-state index contributed by atoms with van der Waals surface area (Å²) in [5.41, 5.74) is 0.577. The van der Waals surface area contributed by atoms with E-state index in [1.807, 2.05) is 0 Å². The number of hydrogen-bond donors (Lipinski definition) is 0. The molecule has 1 aromatic rings. The van der Waals surface area contributed by atoms with Gasteiger partial charge in [-0.3, -0.25) is 19.3 Å². The minimum atomic E-state index is -0.545. The molecule has 33 heavy (non-hydrogen) atoms. The first-order valence-corrected chi connectivity index (χ1v) is 12.0. The van der Waals surface area contributed by atoms with Crippen LogP contribution in [0, 0.1) is 0 Å². The Balaban J connectivity index is 1.74. The van der Waals surface area contributed by atoms with Gasteiger partial charge < -0.3 is 19.1 Å². The number of halogens is 1. The van der Waals surface area contributed by atoms with Crippen molar-refractivity contribution in [2.45, 2.75) is 25.7 Å². The topological polar surface area (TPSA) is 102 Å². The molecular formula is C22H25BrN2O7S. The fourth-order valence-corrected chi connectivity index (χ4v) is 4.91. The molecule has 0 unspecified atom stereocenters. The number of imide groups is 1. The van der Waals surface area contributed by atoms with Crippen molar-refractivity contribution in [3.05, 3.63) is 27.1 Å². The van der Waals surface area contributed by atoms with Gasteiger partial charge in [0.1, 0.15) is 6.54 Å². The van der Waals surface area contributed by atoms with Crippen LogP contribution in [0.2, 0.25) is 0 Å². The second-order valence-electron chi connectivity index (χ2n) is 7.46. The molecule has 2 heterocycles. The Morgan fingerprint density at radius 2 is 1.82 bits per heavy atom. The minimum absolute atomic E-state index is 0.209. The Hall–Kier alpha value is -2.53. The summed E-state index contributed by atoms with van der Waals surface area (Å²) >= 11 is 4.17. The lowest BCUT2D eigenvalue weighted by atomic mass is 10.2. The molecule has 178 valence electrons. The minimum Gasteiger partial charge on any atom is -0.493 e. The van der Waals surface area contributed by atoms with E-state index < -0.39 is 17.1 Å². The Kier molecular flexibility index (Phi) is 8.79. The van der Waals surface area contributed by atoms with E-state index in [4.69, 9.17) is 9.47 Å². The zero-order chi connectivity index (χ0) is 24.0. The van der Waals surface area contributed by atoms with Crippen molar-refractivity contribution in [1.82, 2.24) is 9.80 Å². The number of thioether (sulfide) groups is 1. The van der Waals surface area contributed by atoms with Crippen molar-refractivity contribution in [1.29, 1.82) is 0 Å². The molecule has 0 aliphatic carbocycles. The van der Waals surface area contributed by atoms with Gasteiger partial charge in [-0.25, -0.2) is 4.79 Å². The molecule has 9 nitrogen and oxygen atoms in total. The van der Waals surface area contributed by atoms with E-state index in [1.54, 1.807) is 23.1 Å². The first-order chi connectivity index (χ1) is 15.8. The number of carbonyl (C=O) groups is 4. The SMILES string of the molecule is COC(=O)COc1c(Br)cc(C=C2SC(=O)N(CC(=O)N3CCCCCC3)C2=O)cc1OC. The van der Waals surface area contributed by atoms with Crippen molar-refractivity contribution in [3.8, 4) is 11.5 Å². The third kappa shape index (κ3) is 6.29. The molecule has 0 aromatic heterocycles. The largest absolute Gasteiger partial charge is 0.493 e. The molecule has 2 fully saturated rings. The fraction of sp³-hybridized carbons (Fsp3) is 0.455. The molecular weight excluding hydrogens is 516 g/mol. The van der Waals surface area contributed by atoms with Gasteiger partial charge in [0.15, 0.2) is 18.1 Å². The summed E-state index contributed by atoms with van der Waals surface area (Å²) in [6.45, 7) is 0.760. The highest BCUT2D eigenvalue weighted by molar-refractivity contribution is 9.10. The summed E-state index contributed by atoms with van der Waals surface area (Å²) in [5.74, 6) is -0.631. The molecule has 3 amide bonds. The zero-order valence-corrected chi connectivity index (χ0v) is 20.8. The number of carbonyl (C=O) groups excluding carboxylic acids is 4. The van der Waals surface area contributed by atoms with Crippen molar-refractivity contribution in [2.24, 2.45) is 0 Å². The number of benzene rings is 1. The predicted molar refractivity (Wildman–Crippen MR) is 126 cm³/mol. The van der Waals surface area contributed by atoms with E-state index in [0.29, 0.717) is 34.6 Å². The van der Waals surface area contributed by atoms with E-state index >= 15 is 0 Å². The quantitative estimate of drug-likeness (QED) is 0.382. The van der Waals surface area contributed by atoms with Gasteiger partial charge in [0.25, 0.3) is 11.1 Å². The number of ether oxygens (including phenoxy) is 3. The van der Waals surface area contributed by atoms with Crippen LogP contribution in [0.15, 0.2) is 21.5 Å². The third-order valence-corrected chi connectivity index (χ3v) is 6.73. The number of hydrogen-bond acceptors (Lipinski definition) is 8. The standard InChI is InChI=1S/C22H25BrN2O7S/c1-30-16-10-14(9-15(23)20(16)32-13-19(27)31-2)11-17-21(28)25(22(29)33-17)12-18(26)24-7-5-3-4-6-8-24/h9-11H,3-8,12-13H2,1-2H3. The number of likely N-dealkylation sites (tertiary alicyclic amines) is 1. The molecule has 0 spiro atoms. The highest BCUT2D eigenvalue weighted by atomic mass is 79.9. The lowest BCUT2D eigenvalue weighted by molar-refractivity contribution is -0.143. The van der Waals surface area contributed by atoms with Gasteiger partial charge in [0.05, 0.1) is 23.6 Å². The molecule has 1 aromatic carbocycles. The van der Waals surface area contributed by atoms with Gasteiger partial charge >= 0.3 is 5.97 Å². The first kappa shape index (κ1) is 25.1. The predicted octanol–water partition coefficient (Wildman–Crippen LogP) is 3.45. The summed E-state index contributed by atoms with van der Waals surface area (Å²) in [7, 11) is 2.70. The van der Waals surface area contributed by atoms with Crippen LogP contribution >= 0.6 is 27.7 Å². The summed E-state index contributed by atoms with van der Waals surface area (Å²) in [6, 6.07) is 3.29. The van der Waals surface area contributed by atoms with Crippen LogP contribution in [0.3, 0.4) is 0 Å². The van der Waals surface area contributed by atoms with Crippen LogP contribution in [0.25, 0.3) is 6.08 Å². The molecule has 3 rings (SSSR count). The lowest BCUT2D eigenvalue weighted by Gasteiger charge is -2.22. The van der Waals surface area contributed by atoms with Crippen LogP contribution < -0.4 is 9.47 Å². The Morgan fingerprint density at radius 1 is 1.12 bits per heavy atom. The average molecular weight is 541 g/mol. The Morgan fingerprint density at radius 3 is 2.45 bits per heavy atom. The van der Waals surface area contributed by atoms with Gasteiger partial charge in [-0.05, 0) is 64.3 Å². The lowest BCUT2D eigenvalue weighted by Crippen LogP contribution is -2.42. The van der Waals surface area contributed by atoms with Gasteiger partial charge in [0.2, 0.25) is 5.91 Å². The molecule has 11 heteroatoms. The van der Waals surface area contributed by atoms with E-state index in [2.05, 4.69) is 20.7 Å². The average Bonchev–Trinajstić information content (AvgIpc) is 2.99. The van der Waals surface area contributed by atoms with E-state index in [0.717, 1.165) is 42.3 Å². The molecule has 0 N–H and O–H groups in total. The summed E-state index contributed by atoms with van der Waals surface area (Å²) < 4.78 is 15.9. The van der Waals surface area contributed by atoms with Gasteiger partial charge in [-0.1, -0.05) is 12.8 Å². The maximum absolute atomic E-state index is 12.8. The number of esters is 1. The highest BCUT2D eigenvalue weighted by Crippen LogP contribution is 2.39. The van der Waals surface area contributed by atoms with Crippen LogP contribution in [-0.4, -0.2) is 73.3 Å².